The van der Waals surface area contributed by atoms with Crippen molar-refractivity contribution in [3.63, 3.8) is 0 Å². The average Bonchev–Trinajstić information content (AvgIpc) is 2.19. The Kier molecular flexibility index (Phi) is 3.05. The maximum Gasteiger partial charge on any atom is 0.331 e. The topological polar surface area (TPSA) is 61.1 Å². The fraction of sp³-hybridized carbons (Fsp3) is 0.375. The highest BCUT2D eigenvalue weighted by atomic mass is 79.9. The van der Waals surface area contributed by atoms with Crippen molar-refractivity contribution in [2.45, 2.75) is 13.5 Å². The second-order valence-electron chi connectivity index (χ2n) is 2.82. The lowest BCUT2D eigenvalue weighted by Gasteiger charge is -2.08. The van der Waals surface area contributed by atoms with Crippen LogP contribution in [-0.2, 0) is 18.4 Å². The van der Waals surface area contributed by atoms with Crippen LogP contribution >= 0.6 is 15.9 Å². The highest BCUT2D eigenvalue weighted by molar-refractivity contribution is 9.10. The van der Waals surface area contributed by atoms with Crippen LogP contribution in [0.5, 0.6) is 0 Å². The van der Waals surface area contributed by atoms with Crippen molar-refractivity contribution in [1.82, 2.24) is 9.13 Å². The monoisotopic (exact) mass is 260 g/mol. The fourth-order valence-corrected chi connectivity index (χ4v) is 1.55. The van der Waals surface area contributed by atoms with E-state index >= 15 is 0 Å². The molecule has 0 unspecified atom stereocenters. The van der Waals surface area contributed by atoms with Gasteiger partial charge in [-0.3, -0.25) is 13.9 Å². The minimum Gasteiger partial charge on any atom is -0.301 e. The molecule has 1 heterocycles. The number of hydrogen-bond acceptors (Lipinski definition) is 3. The number of carbonyl (C=O) groups is 1. The molecule has 0 aliphatic carbocycles. The Labute approximate surface area is 88.1 Å². The third kappa shape index (κ3) is 1.57. The summed E-state index contributed by atoms with van der Waals surface area (Å²) in [5, 5.41) is 0. The second kappa shape index (κ2) is 3.91. The zero-order valence-electron chi connectivity index (χ0n) is 7.78. The quantitative estimate of drug-likeness (QED) is 0.693. The van der Waals surface area contributed by atoms with Gasteiger partial charge >= 0.3 is 5.69 Å². The molecule has 0 aliphatic rings. The minimum atomic E-state index is -0.484. The number of carbonyl (C=O) groups excluding carboxylic acids is 1. The maximum atomic E-state index is 11.5. The van der Waals surface area contributed by atoms with E-state index in [1.807, 2.05) is 0 Å². The van der Waals surface area contributed by atoms with E-state index in [-0.39, 0.29) is 6.54 Å². The molecule has 0 saturated heterocycles. The van der Waals surface area contributed by atoms with Gasteiger partial charge in [-0.05, 0) is 22.9 Å². The lowest BCUT2D eigenvalue weighted by molar-refractivity contribution is -0.108. The van der Waals surface area contributed by atoms with Crippen molar-refractivity contribution in [3.05, 3.63) is 31.0 Å². The van der Waals surface area contributed by atoms with E-state index in [4.69, 9.17) is 0 Å². The summed E-state index contributed by atoms with van der Waals surface area (Å²) in [5.74, 6) is 0. The molecule has 0 radical (unpaired) electrons. The zero-order chi connectivity index (χ0) is 10.9. The van der Waals surface area contributed by atoms with E-state index in [0.29, 0.717) is 16.5 Å². The third-order valence-electron chi connectivity index (χ3n) is 2.03. The molecule has 0 fully saturated rings. The number of nitrogens with zero attached hydrogens (tertiary/aromatic N) is 2. The summed E-state index contributed by atoms with van der Waals surface area (Å²) in [4.78, 5) is 33.3. The van der Waals surface area contributed by atoms with Gasteiger partial charge in [0.05, 0.1) is 6.54 Å². The van der Waals surface area contributed by atoms with Gasteiger partial charge in [0.25, 0.3) is 5.56 Å². The Balaban J connectivity index is 3.69. The van der Waals surface area contributed by atoms with Crippen molar-refractivity contribution in [2.75, 3.05) is 0 Å². The Bertz CT molecular complexity index is 449. The van der Waals surface area contributed by atoms with E-state index in [9.17, 15) is 14.4 Å². The molecule has 0 spiro atoms. The van der Waals surface area contributed by atoms with Gasteiger partial charge in [0.1, 0.15) is 10.8 Å². The van der Waals surface area contributed by atoms with Crippen LogP contribution in [0.15, 0.2) is 14.1 Å². The van der Waals surface area contributed by atoms with Crippen LogP contribution in [-0.4, -0.2) is 15.4 Å². The molecule has 0 N–H and O–H groups in total. The van der Waals surface area contributed by atoms with Crippen molar-refractivity contribution in [2.24, 2.45) is 7.05 Å². The van der Waals surface area contributed by atoms with Gasteiger partial charge in [-0.25, -0.2) is 4.79 Å². The van der Waals surface area contributed by atoms with Crippen LogP contribution < -0.4 is 11.2 Å². The molecular weight excluding hydrogens is 252 g/mol. The van der Waals surface area contributed by atoms with Gasteiger partial charge < -0.3 is 4.79 Å². The molecule has 0 aliphatic heterocycles. The predicted molar refractivity (Wildman–Crippen MR) is 54.4 cm³/mol. The van der Waals surface area contributed by atoms with Crippen molar-refractivity contribution >= 4 is 22.2 Å². The van der Waals surface area contributed by atoms with Crippen LogP contribution in [0.1, 0.15) is 5.69 Å². The van der Waals surface area contributed by atoms with Crippen molar-refractivity contribution < 1.29 is 4.79 Å². The Morgan fingerprint density at radius 2 is 2.00 bits per heavy atom. The highest BCUT2D eigenvalue weighted by Crippen LogP contribution is 2.06. The Hall–Kier alpha value is -1.17. The summed E-state index contributed by atoms with van der Waals surface area (Å²) in [6, 6.07) is 0. The van der Waals surface area contributed by atoms with Gasteiger partial charge in [0, 0.05) is 12.7 Å². The molecule has 1 aromatic heterocycles. The van der Waals surface area contributed by atoms with Crippen LogP contribution in [0, 0.1) is 6.92 Å². The molecule has 6 heteroatoms. The number of halogens is 1. The summed E-state index contributed by atoms with van der Waals surface area (Å²) >= 11 is 3.08. The smallest absolute Gasteiger partial charge is 0.301 e. The predicted octanol–water partition coefficient (Wildman–Crippen LogP) is -0.183. The molecule has 1 rings (SSSR count). The summed E-state index contributed by atoms with van der Waals surface area (Å²) in [6.45, 7) is 1.43. The summed E-state index contributed by atoms with van der Waals surface area (Å²) in [5.41, 5.74) is -0.414. The van der Waals surface area contributed by atoms with Crippen molar-refractivity contribution in [3.8, 4) is 0 Å². The molecule has 1 aromatic rings. The molecule has 0 amide bonds. The van der Waals surface area contributed by atoms with Gasteiger partial charge in [-0.15, -0.1) is 0 Å². The molecule has 76 valence electrons. The SMILES string of the molecule is Cc1c(Br)c(=O)n(CC=O)c(=O)n1C. The molecule has 5 nitrogen and oxygen atoms in total. The number of aldehydes is 1. The van der Waals surface area contributed by atoms with Gasteiger partial charge in [0.15, 0.2) is 0 Å². The van der Waals surface area contributed by atoms with E-state index in [2.05, 4.69) is 15.9 Å². The summed E-state index contributed by atoms with van der Waals surface area (Å²) < 4.78 is 2.50. The van der Waals surface area contributed by atoms with Crippen LogP contribution in [0.25, 0.3) is 0 Å². The lowest BCUT2D eigenvalue weighted by Crippen LogP contribution is -2.40. The Morgan fingerprint density at radius 1 is 1.43 bits per heavy atom. The number of hydrogen-bond donors (Lipinski definition) is 0. The van der Waals surface area contributed by atoms with E-state index in [1.54, 1.807) is 14.0 Å². The highest BCUT2D eigenvalue weighted by Gasteiger charge is 2.11. The first-order valence-corrected chi connectivity index (χ1v) is 4.69. The Morgan fingerprint density at radius 3 is 2.50 bits per heavy atom. The molecular formula is C8H9BrN2O3. The van der Waals surface area contributed by atoms with E-state index in [1.165, 1.54) is 4.57 Å². The third-order valence-corrected chi connectivity index (χ3v) is 2.94. The van der Waals surface area contributed by atoms with Crippen molar-refractivity contribution in [1.29, 1.82) is 0 Å². The maximum absolute atomic E-state index is 11.5. The number of aromatic nitrogens is 2. The second-order valence-corrected chi connectivity index (χ2v) is 3.62. The summed E-state index contributed by atoms with van der Waals surface area (Å²) in [6.07, 6.45) is 0.518. The minimum absolute atomic E-state index is 0.218. The van der Waals surface area contributed by atoms with Gasteiger partial charge in [-0.1, -0.05) is 0 Å². The van der Waals surface area contributed by atoms with Crippen LogP contribution in [0.4, 0.5) is 0 Å². The molecule has 14 heavy (non-hydrogen) atoms. The standard InChI is InChI=1S/C8H9BrN2O3/c1-5-6(9)7(13)11(3-4-12)8(14)10(5)2/h4H,3H2,1-2H3. The molecule has 0 saturated carbocycles. The van der Waals surface area contributed by atoms with Crippen LogP contribution in [0.2, 0.25) is 0 Å². The lowest BCUT2D eigenvalue weighted by atomic mass is 10.4. The zero-order valence-corrected chi connectivity index (χ0v) is 9.37. The number of rotatable bonds is 2. The first-order valence-electron chi connectivity index (χ1n) is 3.90. The van der Waals surface area contributed by atoms with E-state index in [0.717, 1.165) is 4.57 Å². The van der Waals surface area contributed by atoms with E-state index < -0.39 is 11.2 Å². The normalized spacial score (nSPS) is 10.2. The van der Waals surface area contributed by atoms with Crippen LogP contribution in [0.3, 0.4) is 0 Å². The fourth-order valence-electron chi connectivity index (χ4n) is 1.07. The first kappa shape index (κ1) is 10.9. The largest absolute Gasteiger partial charge is 0.331 e. The molecule has 0 aromatic carbocycles. The average molecular weight is 261 g/mol. The molecule has 0 atom stereocenters. The first-order chi connectivity index (χ1) is 6.50. The molecule has 0 bridgehead atoms. The van der Waals surface area contributed by atoms with Gasteiger partial charge in [-0.2, -0.15) is 0 Å². The summed E-state index contributed by atoms with van der Waals surface area (Å²) in [7, 11) is 1.54. The van der Waals surface area contributed by atoms with Gasteiger partial charge in [0.2, 0.25) is 0 Å².